The van der Waals surface area contributed by atoms with Gasteiger partial charge in [-0.1, -0.05) is 78.9 Å². The van der Waals surface area contributed by atoms with E-state index in [1.54, 1.807) is 6.07 Å². The van der Waals surface area contributed by atoms with Gasteiger partial charge in [0, 0.05) is 38.8 Å². The SMILES string of the molecule is CN(Cc1ccccc1)C(=O)C1CC(c2ccccc2)CN(Cc2ccccc2F)C1. The Labute approximate surface area is 184 Å². The van der Waals surface area contributed by atoms with Crippen LogP contribution in [-0.4, -0.2) is 35.8 Å². The van der Waals surface area contributed by atoms with Gasteiger partial charge in [-0.05, 0) is 29.5 Å². The van der Waals surface area contributed by atoms with Crippen LogP contribution in [0.1, 0.15) is 29.0 Å². The van der Waals surface area contributed by atoms with E-state index < -0.39 is 0 Å². The molecule has 0 N–H and O–H groups in total. The van der Waals surface area contributed by atoms with Crippen molar-refractivity contribution in [1.29, 1.82) is 0 Å². The third-order valence-electron chi connectivity index (χ3n) is 6.14. The van der Waals surface area contributed by atoms with Crippen LogP contribution in [-0.2, 0) is 17.9 Å². The number of nitrogens with zero attached hydrogens (tertiary/aromatic N) is 2. The molecule has 1 saturated heterocycles. The molecular weight excluding hydrogens is 387 g/mol. The zero-order valence-corrected chi connectivity index (χ0v) is 18.0. The number of piperidine rings is 1. The quantitative estimate of drug-likeness (QED) is 0.559. The minimum Gasteiger partial charge on any atom is -0.341 e. The zero-order valence-electron chi connectivity index (χ0n) is 18.0. The fraction of sp³-hybridized carbons (Fsp3) is 0.296. The molecule has 0 aliphatic carbocycles. The van der Waals surface area contributed by atoms with Crippen molar-refractivity contribution < 1.29 is 9.18 Å². The highest BCUT2D eigenvalue weighted by atomic mass is 19.1. The Morgan fingerprint density at radius 3 is 2.29 bits per heavy atom. The van der Waals surface area contributed by atoms with Crippen molar-refractivity contribution in [2.24, 2.45) is 5.92 Å². The van der Waals surface area contributed by atoms with E-state index in [0.717, 1.165) is 18.5 Å². The zero-order chi connectivity index (χ0) is 21.6. The van der Waals surface area contributed by atoms with Crippen molar-refractivity contribution in [3.63, 3.8) is 0 Å². The summed E-state index contributed by atoms with van der Waals surface area (Å²) in [5.74, 6) is 0.108. The average Bonchev–Trinajstić information content (AvgIpc) is 2.81. The van der Waals surface area contributed by atoms with E-state index in [-0.39, 0.29) is 23.6 Å². The van der Waals surface area contributed by atoms with Crippen LogP contribution in [0.5, 0.6) is 0 Å². The lowest BCUT2D eigenvalue weighted by Crippen LogP contribution is -2.45. The highest BCUT2D eigenvalue weighted by Gasteiger charge is 2.34. The molecule has 2 unspecified atom stereocenters. The van der Waals surface area contributed by atoms with Crippen LogP contribution in [0.3, 0.4) is 0 Å². The second-order valence-electron chi connectivity index (χ2n) is 8.51. The number of carbonyl (C=O) groups excluding carboxylic acids is 1. The Hall–Kier alpha value is -2.98. The monoisotopic (exact) mass is 416 g/mol. The predicted molar refractivity (Wildman–Crippen MR) is 122 cm³/mol. The van der Waals surface area contributed by atoms with Gasteiger partial charge in [-0.2, -0.15) is 0 Å². The second-order valence-corrected chi connectivity index (χ2v) is 8.51. The van der Waals surface area contributed by atoms with E-state index in [4.69, 9.17) is 0 Å². The third kappa shape index (κ3) is 5.39. The highest BCUT2D eigenvalue weighted by molar-refractivity contribution is 5.79. The van der Waals surface area contributed by atoms with E-state index in [1.165, 1.54) is 11.6 Å². The molecule has 0 bridgehead atoms. The van der Waals surface area contributed by atoms with Crippen molar-refractivity contribution in [3.05, 3.63) is 107 Å². The van der Waals surface area contributed by atoms with Crippen LogP contribution < -0.4 is 0 Å². The van der Waals surface area contributed by atoms with Crippen molar-refractivity contribution in [2.75, 3.05) is 20.1 Å². The fourth-order valence-electron chi connectivity index (χ4n) is 4.58. The lowest BCUT2D eigenvalue weighted by Gasteiger charge is -2.39. The summed E-state index contributed by atoms with van der Waals surface area (Å²) in [5.41, 5.74) is 3.04. The largest absolute Gasteiger partial charge is 0.341 e. The molecule has 0 aromatic heterocycles. The highest BCUT2D eigenvalue weighted by Crippen LogP contribution is 2.32. The molecule has 1 amide bonds. The Morgan fingerprint density at radius 2 is 1.58 bits per heavy atom. The lowest BCUT2D eigenvalue weighted by atomic mass is 9.83. The number of hydrogen-bond donors (Lipinski definition) is 0. The summed E-state index contributed by atoms with van der Waals surface area (Å²) in [4.78, 5) is 17.4. The summed E-state index contributed by atoms with van der Waals surface area (Å²) in [5, 5.41) is 0. The van der Waals surface area contributed by atoms with Crippen LogP contribution in [0.25, 0.3) is 0 Å². The summed E-state index contributed by atoms with van der Waals surface area (Å²) in [6.45, 7) is 2.59. The van der Waals surface area contributed by atoms with Gasteiger partial charge in [0.15, 0.2) is 0 Å². The number of benzene rings is 3. The van der Waals surface area contributed by atoms with Gasteiger partial charge in [-0.15, -0.1) is 0 Å². The van der Waals surface area contributed by atoms with Gasteiger partial charge in [0.1, 0.15) is 5.82 Å². The lowest BCUT2D eigenvalue weighted by molar-refractivity contribution is -0.137. The molecule has 1 aliphatic heterocycles. The van der Waals surface area contributed by atoms with Gasteiger partial charge >= 0.3 is 0 Å². The maximum atomic E-state index is 14.3. The Bertz CT molecular complexity index is 992. The van der Waals surface area contributed by atoms with Gasteiger partial charge in [0.25, 0.3) is 0 Å². The molecule has 3 nitrogen and oxygen atoms in total. The molecule has 0 radical (unpaired) electrons. The standard InChI is InChI=1S/C27H29FN2O/c1-29(17-21-10-4-2-5-11-21)27(31)25-16-24(22-12-6-3-7-13-22)19-30(20-25)18-23-14-8-9-15-26(23)28/h2-15,24-25H,16-20H2,1H3. The molecule has 160 valence electrons. The topological polar surface area (TPSA) is 23.6 Å². The predicted octanol–water partition coefficient (Wildman–Crippen LogP) is 5.09. The Balaban J connectivity index is 1.52. The normalized spacial score (nSPS) is 19.2. The first-order valence-corrected chi connectivity index (χ1v) is 10.9. The number of carbonyl (C=O) groups is 1. The molecule has 3 aromatic rings. The van der Waals surface area contributed by atoms with Crippen molar-refractivity contribution in [3.8, 4) is 0 Å². The van der Waals surface area contributed by atoms with Gasteiger partial charge in [0.05, 0.1) is 5.92 Å². The fourth-order valence-corrected chi connectivity index (χ4v) is 4.58. The summed E-state index contributed by atoms with van der Waals surface area (Å²) in [7, 11) is 1.88. The first-order valence-electron chi connectivity index (χ1n) is 10.9. The van der Waals surface area contributed by atoms with Crippen molar-refractivity contribution in [2.45, 2.75) is 25.4 Å². The van der Waals surface area contributed by atoms with Crippen LogP contribution >= 0.6 is 0 Å². The van der Waals surface area contributed by atoms with E-state index in [9.17, 15) is 9.18 Å². The number of likely N-dealkylation sites (tertiary alicyclic amines) is 1. The molecule has 2 atom stereocenters. The number of rotatable bonds is 6. The molecule has 1 fully saturated rings. The molecule has 0 spiro atoms. The summed E-state index contributed by atoms with van der Waals surface area (Å²) in [6, 6.07) is 27.3. The van der Waals surface area contributed by atoms with E-state index in [0.29, 0.717) is 25.2 Å². The van der Waals surface area contributed by atoms with E-state index in [2.05, 4.69) is 17.0 Å². The molecule has 3 aromatic carbocycles. The number of amides is 1. The maximum absolute atomic E-state index is 14.3. The second kappa shape index (κ2) is 9.88. The number of halogens is 1. The van der Waals surface area contributed by atoms with Gasteiger partial charge in [0.2, 0.25) is 5.91 Å². The van der Waals surface area contributed by atoms with Crippen LogP contribution in [0.2, 0.25) is 0 Å². The molecule has 31 heavy (non-hydrogen) atoms. The minimum absolute atomic E-state index is 0.112. The summed E-state index contributed by atoms with van der Waals surface area (Å²) < 4.78 is 14.3. The average molecular weight is 417 g/mol. The van der Waals surface area contributed by atoms with Crippen molar-refractivity contribution in [1.82, 2.24) is 9.80 Å². The Morgan fingerprint density at radius 1 is 0.935 bits per heavy atom. The molecule has 4 heteroatoms. The molecule has 1 aliphatic rings. The molecule has 4 rings (SSSR count). The Kier molecular flexibility index (Phi) is 6.78. The van der Waals surface area contributed by atoms with E-state index >= 15 is 0 Å². The summed E-state index contributed by atoms with van der Waals surface area (Å²) >= 11 is 0. The minimum atomic E-state index is -0.187. The van der Waals surface area contributed by atoms with Gasteiger partial charge < -0.3 is 4.90 Å². The molecule has 0 saturated carbocycles. The van der Waals surface area contributed by atoms with Gasteiger partial charge in [-0.25, -0.2) is 4.39 Å². The number of hydrogen-bond acceptors (Lipinski definition) is 2. The van der Waals surface area contributed by atoms with Crippen LogP contribution in [0.15, 0.2) is 84.9 Å². The third-order valence-corrected chi connectivity index (χ3v) is 6.14. The molecular formula is C27H29FN2O. The first kappa shape index (κ1) is 21.3. The smallest absolute Gasteiger partial charge is 0.227 e. The van der Waals surface area contributed by atoms with E-state index in [1.807, 2.05) is 72.6 Å². The van der Waals surface area contributed by atoms with Crippen LogP contribution in [0, 0.1) is 11.7 Å². The summed E-state index contributed by atoms with van der Waals surface area (Å²) in [6.07, 6.45) is 0.815. The maximum Gasteiger partial charge on any atom is 0.227 e. The molecule has 1 heterocycles. The van der Waals surface area contributed by atoms with Crippen molar-refractivity contribution >= 4 is 5.91 Å². The van der Waals surface area contributed by atoms with Gasteiger partial charge in [-0.3, -0.25) is 9.69 Å². The van der Waals surface area contributed by atoms with Crippen LogP contribution in [0.4, 0.5) is 4.39 Å². The first-order chi connectivity index (χ1) is 15.1.